The summed E-state index contributed by atoms with van der Waals surface area (Å²) in [7, 11) is 1.24. The molecule has 0 heterocycles. The number of amides is 2. The molecule has 5 heteroatoms. The van der Waals surface area contributed by atoms with E-state index in [-0.39, 0.29) is 12.5 Å². The molecule has 0 atom stereocenters. The van der Waals surface area contributed by atoms with Gasteiger partial charge in [0.05, 0.1) is 13.7 Å². The second kappa shape index (κ2) is 19.3. The zero-order valence-corrected chi connectivity index (χ0v) is 11.3. The van der Waals surface area contributed by atoms with Gasteiger partial charge in [0.2, 0.25) is 5.91 Å². The number of carbonyl (C=O) groups is 2. The first-order valence-electron chi connectivity index (χ1n) is 5.70. The number of methoxy groups -OCH3 is 1. The van der Waals surface area contributed by atoms with E-state index in [2.05, 4.69) is 29.2 Å². The maximum atomic E-state index is 10.7. The van der Waals surface area contributed by atoms with Crippen LogP contribution in [-0.2, 0) is 9.53 Å². The van der Waals surface area contributed by atoms with Crippen molar-refractivity contribution in [1.29, 1.82) is 0 Å². The Balaban J connectivity index is -0.000000289. The minimum Gasteiger partial charge on any atom is -0.453 e. The highest BCUT2D eigenvalue weighted by molar-refractivity contribution is 5.81. The molecule has 0 aliphatic heterocycles. The fourth-order valence-electron chi connectivity index (χ4n) is 0.484. The second-order valence-corrected chi connectivity index (χ2v) is 2.51. The third-order valence-corrected chi connectivity index (χ3v) is 0.953. The zero-order valence-electron chi connectivity index (χ0n) is 11.3. The van der Waals surface area contributed by atoms with Gasteiger partial charge in [0, 0.05) is 6.54 Å². The molecule has 0 aromatic rings. The molecule has 16 heavy (non-hydrogen) atoms. The molecule has 0 saturated heterocycles. The van der Waals surface area contributed by atoms with Crippen LogP contribution in [0.25, 0.3) is 0 Å². The fraction of sp³-hybridized carbons (Fsp3) is 0.818. The molecule has 98 valence electrons. The zero-order chi connectivity index (χ0) is 13.4. The van der Waals surface area contributed by atoms with E-state index in [1.165, 1.54) is 13.5 Å². The molecule has 0 fully saturated rings. The van der Waals surface area contributed by atoms with Crippen LogP contribution in [0.5, 0.6) is 0 Å². The van der Waals surface area contributed by atoms with Crippen LogP contribution in [0.15, 0.2) is 0 Å². The summed E-state index contributed by atoms with van der Waals surface area (Å²) in [5, 5.41) is 4.76. The fourth-order valence-corrected chi connectivity index (χ4v) is 0.484. The van der Waals surface area contributed by atoms with Gasteiger partial charge < -0.3 is 15.4 Å². The van der Waals surface area contributed by atoms with Gasteiger partial charge in [-0.1, -0.05) is 34.1 Å². The molecular weight excluding hydrogens is 208 g/mol. The van der Waals surface area contributed by atoms with Crippen LogP contribution < -0.4 is 10.6 Å². The molecule has 0 saturated carbocycles. The monoisotopic (exact) mass is 234 g/mol. The molecule has 0 bridgehead atoms. The largest absolute Gasteiger partial charge is 0.453 e. The Hall–Kier alpha value is -1.26. The molecule has 2 N–H and O–H groups in total. The Morgan fingerprint density at radius 1 is 1.06 bits per heavy atom. The van der Waals surface area contributed by atoms with Crippen LogP contribution in [0.4, 0.5) is 4.79 Å². The summed E-state index contributed by atoms with van der Waals surface area (Å²) in [5.74, 6) is -0.224. The molecule has 0 spiro atoms. The summed E-state index contributed by atoms with van der Waals surface area (Å²) >= 11 is 0. The minimum absolute atomic E-state index is 0.0412. The Bertz CT molecular complexity index is 161. The maximum absolute atomic E-state index is 10.7. The first-order chi connectivity index (χ1) is 7.62. The van der Waals surface area contributed by atoms with E-state index in [0.717, 1.165) is 0 Å². The molecule has 0 aromatic heterocycles. The summed E-state index contributed by atoms with van der Waals surface area (Å²) in [4.78, 5) is 21.1. The predicted octanol–water partition coefficient (Wildman–Crippen LogP) is 1.92. The van der Waals surface area contributed by atoms with Gasteiger partial charge >= 0.3 is 6.09 Å². The average molecular weight is 234 g/mol. The van der Waals surface area contributed by atoms with E-state index >= 15 is 0 Å². The predicted molar refractivity (Wildman–Crippen MR) is 66.4 cm³/mol. The lowest BCUT2D eigenvalue weighted by molar-refractivity contribution is -0.120. The number of nitrogens with one attached hydrogen (secondary N) is 2. The van der Waals surface area contributed by atoms with Crippen LogP contribution >= 0.6 is 0 Å². The molecule has 5 nitrogen and oxygen atoms in total. The summed E-state index contributed by atoms with van der Waals surface area (Å²) < 4.78 is 4.25. The third-order valence-electron chi connectivity index (χ3n) is 0.953. The molecule has 2 amide bonds. The number of rotatable bonds is 3. The summed E-state index contributed by atoms with van der Waals surface area (Å²) in [6.45, 7) is 10.6. The Kier molecular flexibility index (Phi) is 24.4. The third kappa shape index (κ3) is 23.0. The highest BCUT2D eigenvalue weighted by atomic mass is 16.5. The maximum Gasteiger partial charge on any atom is 0.407 e. The Morgan fingerprint density at radius 2 is 1.50 bits per heavy atom. The van der Waals surface area contributed by atoms with Crippen molar-refractivity contribution in [3.05, 3.63) is 0 Å². The van der Waals surface area contributed by atoms with Crippen molar-refractivity contribution in [2.45, 2.75) is 41.0 Å². The van der Waals surface area contributed by atoms with Crippen molar-refractivity contribution in [2.75, 3.05) is 20.2 Å². The molecule has 0 aliphatic rings. The number of alkyl carbamates (subject to hydrolysis) is 1. The topological polar surface area (TPSA) is 67.4 Å². The Morgan fingerprint density at radius 3 is 1.81 bits per heavy atom. The van der Waals surface area contributed by atoms with Crippen molar-refractivity contribution >= 4 is 12.0 Å². The number of ether oxygens (including phenoxy) is 1. The molecule has 0 aromatic carbocycles. The number of carbonyl (C=O) groups excluding carboxylic acids is 2. The van der Waals surface area contributed by atoms with Gasteiger partial charge in [-0.3, -0.25) is 4.79 Å². The standard InChI is InChI=1S/C6H12N2O3.C3H8.C2H6/c1-3-7-5(9)4-8-6(10)11-2;1-3-2;1-2/h3-4H2,1-2H3,(H,7,9)(H,8,10);3H2,1-2H3;1-2H3. The lowest BCUT2D eigenvalue weighted by Gasteiger charge is -2.02. The molecule has 0 aliphatic carbocycles. The normalized spacial score (nSPS) is 7.38. The van der Waals surface area contributed by atoms with Crippen LogP contribution in [0.3, 0.4) is 0 Å². The second-order valence-electron chi connectivity index (χ2n) is 2.51. The quantitative estimate of drug-likeness (QED) is 0.784. The highest BCUT2D eigenvalue weighted by Gasteiger charge is 2.01. The van der Waals surface area contributed by atoms with E-state index in [1.807, 2.05) is 13.8 Å². The molecular formula is C11H26N2O3. The van der Waals surface area contributed by atoms with Crippen molar-refractivity contribution in [2.24, 2.45) is 0 Å². The lowest BCUT2D eigenvalue weighted by Crippen LogP contribution is -2.36. The van der Waals surface area contributed by atoms with Gasteiger partial charge in [0.15, 0.2) is 0 Å². The van der Waals surface area contributed by atoms with Gasteiger partial charge in [-0.2, -0.15) is 0 Å². The van der Waals surface area contributed by atoms with E-state index in [1.54, 1.807) is 6.92 Å². The lowest BCUT2D eigenvalue weighted by atomic mass is 10.5. The van der Waals surface area contributed by atoms with Gasteiger partial charge in [0.25, 0.3) is 0 Å². The summed E-state index contributed by atoms with van der Waals surface area (Å²) in [6.07, 6.45) is 0.649. The van der Waals surface area contributed by atoms with Crippen LogP contribution in [-0.4, -0.2) is 32.2 Å². The average Bonchev–Trinajstić information content (AvgIpc) is 2.30. The van der Waals surface area contributed by atoms with Crippen molar-refractivity contribution in [3.8, 4) is 0 Å². The smallest absolute Gasteiger partial charge is 0.407 e. The SMILES string of the molecule is CC.CCC.CCNC(=O)CNC(=O)OC. The van der Waals surface area contributed by atoms with Gasteiger partial charge in [-0.15, -0.1) is 0 Å². The first-order valence-corrected chi connectivity index (χ1v) is 5.70. The van der Waals surface area contributed by atoms with E-state index in [9.17, 15) is 9.59 Å². The van der Waals surface area contributed by atoms with E-state index in [0.29, 0.717) is 6.54 Å². The Labute approximate surface area is 98.9 Å². The van der Waals surface area contributed by atoms with Crippen LogP contribution in [0.1, 0.15) is 41.0 Å². The number of likely N-dealkylation sites (N-methyl/N-ethyl adjacent to an activating group) is 1. The van der Waals surface area contributed by atoms with Crippen LogP contribution in [0, 0.1) is 0 Å². The minimum atomic E-state index is -0.601. The number of hydrogen-bond acceptors (Lipinski definition) is 3. The highest BCUT2D eigenvalue weighted by Crippen LogP contribution is 1.70. The number of hydrogen-bond donors (Lipinski definition) is 2. The van der Waals surface area contributed by atoms with Gasteiger partial charge in [-0.05, 0) is 6.92 Å². The molecule has 0 unspecified atom stereocenters. The first kappa shape index (κ1) is 20.2. The molecule has 0 rings (SSSR count). The van der Waals surface area contributed by atoms with Crippen LogP contribution in [0.2, 0.25) is 0 Å². The summed E-state index contributed by atoms with van der Waals surface area (Å²) in [5.41, 5.74) is 0. The van der Waals surface area contributed by atoms with E-state index in [4.69, 9.17) is 0 Å². The van der Waals surface area contributed by atoms with E-state index < -0.39 is 6.09 Å². The van der Waals surface area contributed by atoms with Crippen molar-refractivity contribution < 1.29 is 14.3 Å². The van der Waals surface area contributed by atoms with Gasteiger partial charge in [-0.25, -0.2) is 4.79 Å². The van der Waals surface area contributed by atoms with Crippen molar-refractivity contribution in [1.82, 2.24) is 10.6 Å². The van der Waals surface area contributed by atoms with Gasteiger partial charge in [0.1, 0.15) is 0 Å². The molecule has 0 radical (unpaired) electrons. The van der Waals surface area contributed by atoms with Crippen molar-refractivity contribution in [3.63, 3.8) is 0 Å². The summed E-state index contributed by atoms with van der Waals surface area (Å²) in [6, 6.07) is 0.